The average Bonchev–Trinajstić information content (AvgIpc) is 2.49. The Morgan fingerprint density at radius 2 is 1.76 bits per heavy atom. The summed E-state index contributed by atoms with van der Waals surface area (Å²) in [7, 11) is 1.45. The highest BCUT2D eigenvalue weighted by Gasteiger charge is 2.11. The Kier molecular flexibility index (Phi) is 5.73. The SMILES string of the molecule is COc1ccc(CC(Cc2ccc(Br)cc2)NN)cc1F. The molecule has 0 radical (unpaired) electrons. The zero-order valence-electron chi connectivity index (χ0n) is 11.8. The second-order valence-corrected chi connectivity index (χ2v) is 5.78. The summed E-state index contributed by atoms with van der Waals surface area (Å²) in [6.45, 7) is 0. The van der Waals surface area contributed by atoms with Gasteiger partial charge in [-0.25, -0.2) is 4.39 Å². The lowest BCUT2D eigenvalue weighted by Crippen LogP contribution is -2.38. The highest BCUT2D eigenvalue weighted by molar-refractivity contribution is 9.10. The summed E-state index contributed by atoms with van der Waals surface area (Å²) in [5, 5.41) is 0. The van der Waals surface area contributed by atoms with Crippen molar-refractivity contribution < 1.29 is 9.13 Å². The Morgan fingerprint density at radius 3 is 2.33 bits per heavy atom. The molecule has 0 heterocycles. The molecule has 3 nitrogen and oxygen atoms in total. The first-order chi connectivity index (χ1) is 10.1. The molecule has 2 aromatic rings. The number of nitrogens with one attached hydrogen (secondary N) is 1. The van der Waals surface area contributed by atoms with Crippen LogP contribution in [0.15, 0.2) is 46.9 Å². The molecule has 1 atom stereocenters. The number of rotatable bonds is 6. The number of benzene rings is 2. The first-order valence-electron chi connectivity index (χ1n) is 6.65. The van der Waals surface area contributed by atoms with Crippen LogP contribution in [0.5, 0.6) is 5.75 Å². The van der Waals surface area contributed by atoms with E-state index in [0.29, 0.717) is 6.42 Å². The van der Waals surface area contributed by atoms with Gasteiger partial charge < -0.3 is 4.74 Å². The van der Waals surface area contributed by atoms with E-state index < -0.39 is 0 Å². The van der Waals surface area contributed by atoms with Crippen molar-refractivity contribution in [3.8, 4) is 5.75 Å². The minimum absolute atomic E-state index is 0.0407. The van der Waals surface area contributed by atoms with E-state index in [1.165, 1.54) is 18.7 Å². The van der Waals surface area contributed by atoms with Crippen molar-refractivity contribution in [3.63, 3.8) is 0 Å². The third kappa shape index (κ3) is 4.52. The molecule has 0 spiro atoms. The topological polar surface area (TPSA) is 47.3 Å². The molecule has 0 aliphatic carbocycles. The zero-order chi connectivity index (χ0) is 15.2. The van der Waals surface area contributed by atoms with Gasteiger partial charge in [0.15, 0.2) is 11.6 Å². The van der Waals surface area contributed by atoms with E-state index in [1.807, 2.05) is 30.3 Å². The Balaban J connectivity index is 2.05. The van der Waals surface area contributed by atoms with Crippen molar-refractivity contribution in [2.45, 2.75) is 18.9 Å². The Hall–Kier alpha value is -1.43. The van der Waals surface area contributed by atoms with E-state index in [2.05, 4.69) is 21.4 Å². The summed E-state index contributed by atoms with van der Waals surface area (Å²) in [6, 6.07) is 13.1. The van der Waals surface area contributed by atoms with Gasteiger partial charge >= 0.3 is 0 Å². The van der Waals surface area contributed by atoms with Crippen LogP contribution in [-0.2, 0) is 12.8 Å². The van der Waals surface area contributed by atoms with Crippen molar-refractivity contribution in [1.29, 1.82) is 0 Å². The van der Waals surface area contributed by atoms with E-state index >= 15 is 0 Å². The average molecular weight is 353 g/mol. The first-order valence-corrected chi connectivity index (χ1v) is 7.44. The first kappa shape index (κ1) is 15.9. The molecule has 0 fully saturated rings. The fraction of sp³-hybridized carbons (Fsp3) is 0.250. The van der Waals surface area contributed by atoms with Crippen LogP contribution in [0.2, 0.25) is 0 Å². The van der Waals surface area contributed by atoms with Gasteiger partial charge in [0.2, 0.25) is 0 Å². The maximum Gasteiger partial charge on any atom is 0.165 e. The van der Waals surface area contributed by atoms with E-state index in [9.17, 15) is 4.39 Å². The Labute approximate surface area is 132 Å². The largest absolute Gasteiger partial charge is 0.494 e. The molecule has 21 heavy (non-hydrogen) atoms. The lowest BCUT2D eigenvalue weighted by Gasteiger charge is -2.16. The highest BCUT2D eigenvalue weighted by Crippen LogP contribution is 2.19. The molecular weight excluding hydrogens is 335 g/mol. The normalized spacial score (nSPS) is 12.2. The lowest BCUT2D eigenvalue weighted by molar-refractivity contribution is 0.386. The van der Waals surface area contributed by atoms with Crippen LogP contribution in [0, 0.1) is 5.82 Å². The summed E-state index contributed by atoms with van der Waals surface area (Å²) < 4.78 is 19.7. The van der Waals surface area contributed by atoms with Crippen LogP contribution in [0.3, 0.4) is 0 Å². The summed E-state index contributed by atoms with van der Waals surface area (Å²) in [5.41, 5.74) is 4.86. The molecule has 0 aromatic heterocycles. The van der Waals surface area contributed by atoms with Crippen molar-refractivity contribution in [2.24, 2.45) is 5.84 Å². The standard InChI is InChI=1S/C16H18BrFN2O/c1-21-16-7-4-12(10-15(16)18)9-14(20-19)8-11-2-5-13(17)6-3-11/h2-7,10,14,20H,8-9,19H2,1H3. The van der Waals surface area contributed by atoms with Crippen molar-refractivity contribution in [2.75, 3.05) is 7.11 Å². The molecular formula is C16H18BrFN2O. The van der Waals surface area contributed by atoms with Crippen molar-refractivity contribution in [1.82, 2.24) is 5.43 Å². The number of halogens is 2. The van der Waals surface area contributed by atoms with Crippen LogP contribution in [0.25, 0.3) is 0 Å². The summed E-state index contributed by atoms with van der Waals surface area (Å²) in [5.74, 6) is 5.52. The number of hydrogen-bond donors (Lipinski definition) is 2. The lowest BCUT2D eigenvalue weighted by atomic mass is 9.99. The van der Waals surface area contributed by atoms with Gasteiger partial charge in [0, 0.05) is 10.5 Å². The van der Waals surface area contributed by atoms with Gasteiger partial charge in [0.1, 0.15) is 0 Å². The van der Waals surface area contributed by atoms with E-state index in [0.717, 1.165) is 16.5 Å². The van der Waals surface area contributed by atoms with Gasteiger partial charge in [-0.2, -0.15) is 0 Å². The molecule has 1 unspecified atom stereocenters. The fourth-order valence-electron chi connectivity index (χ4n) is 2.22. The third-order valence-corrected chi connectivity index (χ3v) is 3.86. The van der Waals surface area contributed by atoms with Crippen LogP contribution < -0.4 is 16.0 Å². The highest BCUT2D eigenvalue weighted by atomic mass is 79.9. The van der Waals surface area contributed by atoms with E-state index in [-0.39, 0.29) is 17.6 Å². The number of nitrogens with two attached hydrogens (primary N) is 1. The number of hydrazine groups is 1. The van der Waals surface area contributed by atoms with Gasteiger partial charge in [-0.05, 0) is 48.2 Å². The molecule has 2 rings (SSSR count). The number of hydrogen-bond acceptors (Lipinski definition) is 3. The van der Waals surface area contributed by atoms with E-state index in [4.69, 9.17) is 10.6 Å². The number of ether oxygens (including phenoxy) is 1. The van der Waals surface area contributed by atoms with Crippen LogP contribution in [0.4, 0.5) is 4.39 Å². The van der Waals surface area contributed by atoms with Crippen molar-refractivity contribution >= 4 is 15.9 Å². The summed E-state index contributed by atoms with van der Waals surface area (Å²) >= 11 is 3.41. The Bertz CT molecular complexity index is 589. The quantitative estimate of drug-likeness (QED) is 0.619. The van der Waals surface area contributed by atoms with Crippen LogP contribution >= 0.6 is 15.9 Å². The summed E-state index contributed by atoms with van der Waals surface area (Å²) in [6.07, 6.45) is 1.42. The van der Waals surface area contributed by atoms with Gasteiger partial charge in [0.25, 0.3) is 0 Å². The monoisotopic (exact) mass is 352 g/mol. The number of methoxy groups -OCH3 is 1. The maximum atomic E-state index is 13.7. The molecule has 0 aliphatic rings. The smallest absolute Gasteiger partial charge is 0.165 e. The zero-order valence-corrected chi connectivity index (χ0v) is 13.4. The van der Waals surface area contributed by atoms with E-state index in [1.54, 1.807) is 6.07 Å². The van der Waals surface area contributed by atoms with Gasteiger partial charge in [-0.15, -0.1) is 0 Å². The predicted octanol–water partition coefficient (Wildman–Crippen LogP) is 3.21. The summed E-state index contributed by atoms with van der Waals surface area (Å²) in [4.78, 5) is 0. The second-order valence-electron chi connectivity index (χ2n) is 4.87. The predicted molar refractivity (Wildman–Crippen MR) is 85.6 cm³/mol. The Morgan fingerprint density at radius 1 is 1.14 bits per heavy atom. The van der Waals surface area contributed by atoms with Crippen molar-refractivity contribution in [3.05, 3.63) is 63.9 Å². The fourth-order valence-corrected chi connectivity index (χ4v) is 2.48. The maximum absolute atomic E-state index is 13.7. The molecule has 0 saturated carbocycles. The van der Waals surface area contributed by atoms with Gasteiger partial charge in [-0.1, -0.05) is 34.1 Å². The molecule has 2 aromatic carbocycles. The van der Waals surface area contributed by atoms with Gasteiger partial charge in [-0.3, -0.25) is 11.3 Å². The molecule has 112 valence electrons. The molecule has 0 amide bonds. The van der Waals surface area contributed by atoms with Crippen LogP contribution in [0.1, 0.15) is 11.1 Å². The minimum Gasteiger partial charge on any atom is -0.494 e. The third-order valence-electron chi connectivity index (χ3n) is 3.33. The molecule has 3 N–H and O–H groups in total. The second kappa shape index (κ2) is 7.54. The van der Waals surface area contributed by atoms with Crippen LogP contribution in [-0.4, -0.2) is 13.2 Å². The molecule has 0 bridgehead atoms. The minimum atomic E-state index is -0.352. The molecule has 0 aliphatic heterocycles. The molecule has 5 heteroatoms. The van der Waals surface area contributed by atoms with Gasteiger partial charge in [0.05, 0.1) is 7.11 Å². The molecule has 0 saturated heterocycles.